The SMILES string of the molecule is Nc1ccccc1C1=NN[C@@]2(CC(c3ccccc3F)=NN2)C(=O)N1. The number of nitrogens with two attached hydrogens (primary N) is 1. The van der Waals surface area contributed by atoms with Gasteiger partial charge in [-0.1, -0.05) is 30.3 Å². The monoisotopic (exact) mass is 338 g/mol. The van der Waals surface area contributed by atoms with E-state index >= 15 is 0 Å². The van der Waals surface area contributed by atoms with Crippen molar-refractivity contribution in [3.8, 4) is 0 Å². The van der Waals surface area contributed by atoms with Gasteiger partial charge in [0, 0.05) is 23.2 Å². The van der Waals surface area contributed by atoms with E-state index in [9.17, 15) is 9.18 Å². The molecule has 4 rings (SSSR count). The zero-order valence-electron chi connectivity index (χ0n) is 13.1. The summed E-state index contributed by atoms with van der Waals surface area (Å²) >= 11 is 0. The fraction of sp³-hybridized carbons (Fsp3) is 0.118. The number of carbonyl (C=O) groups excluding carboxylic acids is 1. The van der Waals surface area contributed by atoms with Crippen LogP contribution in [0, 0.1) is 5.82 Å². The number of rotatable bonds is 2. The topological polar surface area (TPSA) is 104 Å². The molecule has 0 saturated carbocycles. The molecule has 0 saturated heterocycles. The summed E-state index contributed by atoms with van der Waals surface area (Å²) < 4.78 is 14.0. The Balaban J connectivity index is 1.59. The summed E-state index contributed by atoms with van der Waals surface area (Å²) in [5.41, 5.74) is 12.1. The predicted molar refractivity (Wildman–Crippen MR) is 92.1 cm³/mol. The fourth-order valence-electron chi connectivity index (χ4n) is 2.82. The number of nitrogen functional groups attached to an aromatic ring is 1. The summed E-state index contributed by atoms with van der Waals surface area (Å²) in [6.45, 7) is 0. The lowest BCUT2D eigenvalue weighted by Gasteiger charge is -2.31. The third-order valence-electron chi connectivity index (χ3n) is 4.19. The smallest absolute Gasteiger partial charge is 0.275 e. The summed E-state index contributed by atoms with van der Waals surface area (Å²) in [6, 6.07) is 13.4. The second kappa shape index (κ2) is 5.59. The number of nitrogens with one attached hydrogen (secondary N) is 3. The summed E-state index contributed by atoms with van der Waals surface area (Å²) in [5.74, 6) is -0.428. The van der Waals surface area contributed by atoms with Crippen molar-refractivity contribution < 1.29 is 9.18 Å². The average Bonchev–Trinajstić information content (AvgIpc) is 3.04. The molecule has 2 aromatic rings. The Morgan fingerprint density at radius 1 is 1.00 bits per heavy atom. The highest BCUT2D eigenvalue weighted by Crippen LogP contribution is 2.23. The quantitative estimate of drug-likeness (QED) is 0.610. The van der Waals surface area contributed by atoms with Gasteiger partial charge in [-0.3, -0.25) is 15.6 Å². The van der Waals surface area contributed by atoms with Gasteiger partial charge in [-0.05, 0) is 18.2 Å². The van der Waals surface area contributed by atoms with E-state index in [4.69, 9.17) is 5.73 Å². The van der Waals surface area contributed by atoms with Crippen molar-refractivity contribution >= 4 is 23.1 Å². The van der Waals surface area contributed by atoms with E-state index in [1.807, 2.05) is 0 Å². The number of hydrogen-bond donors (Lipinski definition) is 4. The highest BCUT2D eigenvalue weighted by Gasteiger charge is 2.46. The first-order chi connectivity index (χ1) is 12.1. The van der Waals surface area contributed by atoms with Gasteiger partial charge < -0.3 is 11.1 Å². The zero-order valence-corrected chi connectivity index (χ0v) is 13.1. The van der Waals surface area contributed by atoms with E-state index in [0.717, 1.165) is 0 Å². The molecule has 5 N–H and O–H groups in total. The van der Waals surface area contributed by atoms with E-state index in [1.165, 1.54) is 6.07 Å². The molecule has 2 heterocycles. The van der Waals surface area contributed by atoms with Gasteiger partial charge >= 0.3 is 0 Å². The van der Waals surface area contributed by atoms with Crippen LogP contribution >= 0.6 is 0 Å². The van der Waals surface area contributed by atoms with E-state index in [2.05, 4.69) is 26.4 Å². The molecule has 0 aromatic heterocycles. The molecule has 2 aliphatic heterocycles. The number of amides is 1. The molecule has 0 fully saturated rings. The maximum atomic E-state index is 14.0. The first-order valence-electron chi connectivity index (χ1n) is 7.69. The molecule has 126 valence electrons. The maximum Gasteiger partial charge on any atom is 0.275 e. The largest absolute Gasteiger partial charge is 0.398 e. The number of anilines is 1. The molecule has 0 radical (unpaired) electrons. The Bertz CT molecular complexity index is 925. The Hall–Kier alpha value is -3.42. The number of nitrogens with zero attached hydrogens (tertiary/aromatic N) is 2. The maximum absolute atomic E-state index is 14.0. The Morgan fingerprint density at radius 3 is 2.40 bits per heavy atom. The van der Waals surface area contributed by atoms with Gasteiger partial charge in [-0.25, -0.2) is 4.39 Å². The van der Waals surface area contributed by atoms with Gasteiger partial charge in [0.15, 0.2) is 5.84 Å². The van der Waals surface area contributed by atoms with Crippen LogP contribution < -0.4 is 21.9 Å². The molecule has 2 aromatic carbocycles. The number of hydrazone groups is 2. The minimum atomic E-state index is -1.25. The lowest BCUT2D eigenvalue weighted by Crippen LogP contribution is -2.65. The molecule has 1 amide bonds. The average molecular weight is 338 g/mol. The van der Waals surface area contributed by atoms with Crippen molar-refractivity contribution in [1.29, 1.82) is 0 Å². The lowest BCUT2D eigenvalue weighted by molar-refractivity contribution is -0.127. The number of para-hydroxylation sites is 1. The first-order valence-corrected chi connectivity index (χ1v) is 7.69. The highest BCUT2D eigenvalue weighted by molar-refractivity contribution is 6.15. The Morgan fingerprint density at radius 2 is 1.68 bits per heavy atom. The summed E-state index contributed by atoms with van der Waals surface area (Å²) in [6.07, 6.45) is 0.154. The van der Waals surface area contributed by atoms with Crippen LogP contribution in [0.25, 0.3) is 0 Å². The van der Waals surface area contributed by atoms with Crippen molar-refractivity contribution in [2.45, 2.75) is 12.1 Å². The van der Waals surface area contributed by atoms with Gasteiger partial charge in [0.1, 0.15) is 5.82 Å². The minimum Gasteiger partial charge on any atom is -0.398 e. The molecule has 25 heavy (non-hydrogen) atoms. The molecule has 7 nitrogen and oxygen atoms in total. The predicted octanol–water partition coefficient (Wildman–Crippen LogP) is 0.883. The van der Waals surface area contributed by atoms with Crippen LogP contribution in [0.1, 0.15) is 17.5 Å². The van der Waals surface area contributed by atoms with Crippen molar-refractivity contribution in [2.75, 3.05) is 5.73 Å². The molecule has 1 atom stereocenters. The second-order valence-electron chi connectivity index (χ2n) is 5.85. The Kier molecular flexibility index (Phi) is 3.38. The van der Waals surface area contributed by atoms with Crippen LogP contribution in [0.2, 0.25) is 0 Å². The molecular weight excluding hydrogens is 323 g/mol. The zero-order chi connectivity index (χ0) is 17.4. The number of carbonyl (C=O) groups is 1. The summed E-state index contributed by atoms with van der Waals surface area (Å²) in [7, 11) is 0. The van der Waals surface area contributed by atoms with Gasteiger partial charge in [0.05, 0.1) is 5.71 Å². The number of benzene rings is 2. The number of hydrogen-bond acceptors (Lipinski definition) is 6. The highest BCUT2D eigenvalue weighted by atomic mass is 19.1. The molecule has 2 aliphatic rings. The van der Waals surface area contributed by atoms with E-state index in [1.54, 1.807) is 42.5 Å². The Labute approximate surface area is 142 Å². The van der Waals surface area contributed by atoms with Gasteiger partial charge in [-0.2, -0.15) is 10.2 Å². The fourth-order valence-corrected chi connectivity index (χ4v) is 2.82. The third-order valence-corrected chi connectivity index (χ3v) is 4.19. The van der Waals surface area contributed by atoms with E-state index in [0.29, 0.717) is 28.4 Å². The van der Waals surface area contributed by atoms with Gasteiger partial charge in [0.2, 0.25) is 5.66 Å². The molecule has 1 spiro atoms. The molecule has 0 bridgehead atoms. The molecule has 0 unspecified atom stereocenters. The van der Waals surface area contributed by atoms with Crippen LogP contribution in [-0.2, 0) is 4.79 Å². The normalized spacial score (nSPS) is 21.9. The first kappa shape index (κ1) is 15.1. The second-order valence-corrected chi connectivity index (χ2v) is 5.85. The molecule has 0 aliphatic carbocycles. The van der Waals surface area contributed by atoms with Crippen molar-refractivity contribution in [1.82, 2.24) is 16.2 Å². The third kappa shape index (κ3) is 2.47. The van der Waals surface area contributed by atoms with Crippen LogP contribution in [0.3, 0.4) is 0 Å². The van der Waals surface area contributed by atoms with Crippen molar-refractivity contribution in [3.05, 3.63) is 65.5 Å². The number of amidine groups is 1. The lowest BCUT2D eigenvalue weighted by atomic mass is 9.98. The van der Waals surface area contributed by atoms with E-state index < -0.39 is 11.5 Å². The van der Waals surface area contributed by atoms with Gasteiger partial charge in [0.25, 0.3) is 5.91 Å². The van der Waals surface area contributed by atoms with Crippen molar-refractivity contribution in [2.24, 2.45) is 10.2 Å². The van der Waals surface area contributed by atoms with Crippen LogP contribution in [-0.4, -0.2) is 23.1 Å². The standard InChI is InChI=1S/C17H15FN6O/c18-12-7-3-1-5-10(12)14-9-17(23-21-14)16(25)20-15(22-24-17)11-6-2-4-8-13(11)19/h1-8,23-24H,9,19H2,(H,20,22,25)/t17-/m0/s1. The van der Waals surface area contributed by atoms with Crippen LogP contribution in [0.4, 0.5) is 10.1 Å². The summed E-state index contributed by atoms with van der Waals surface area (Å²) in [4.78, 5) is 12.7. The van der Waals surface area contributed by atoms with Crippen LogP contribution in [0.15, 0.2) is 58.7 Å². The summed E-state index contributed by atoms with van der Waals surface area (Å²) in [5, 5.41) is 11.1. The van der Waals surface area contributed by atoms with Gasteiger partial charge in [-0.15, -0.1) is 0 Å². The van der Waals surface area contributed by atoms with Crippen molar-refractivity contribution in [3.63, 3.8) is 0 Å². The minimum absolute atomic E-state index is 0.154. The molecular formula is C17H15FN6O. The van der Waals surface area contributed by atoms with Crippen LogP contribution in [0.5, 0.6) is 0 Å². The van der Waals surface area contributed by atoms with E-state index in [-0.39, 0.29) is 12.3 Å². The molecule has 8 heteroatoms. The number of halogens is 1.